The van der Waals surface area contributed by atoms with Gasteiger partial charge in [-0.3, -0.25) is 9.59 Å². The number of carbonyl (C=O) groups excluding carboxylic acids is 2. The number of carbonyl (C=O) groups is 2. The summed E-state index contributed by atoms with van der Waals surface area (Å²) in [6.45, 7) is 5.74. The van der Waals surface area contributed by atoms with Gasteiger partial charge in [-0.05, 0) is 33.1 Å². The minimum Gasteiger partial charge on any atom is -0.381 e. The molecule has 0 aromatic carbocycles. The Bertz CT molecular complexity index is 421. The highest BCUT2D eigenvalue weighted by Crippen LogP contribution is 2.40. The lowest BCUT2D eigenvalue weighted by atomic mass is 9.84. The van der Waals surface area contributed by atoms with E-state index in [0.717, 1.165) is 38.7 Å². The number of hydrogen-bond donors (Lipinski definition) is 1. The smallest absolute Gasteiger partial charge is 0.248 e. The number of nitrogens with one attached hydrogen (secondary N) is 1. The summed E-state index contributed by atoms with van der Waals surface area (Å²) >= 11 is 0. The lowest BCUT2D eigenvalue weighted by Gasteiger charge is -2.50. The molecule has 2 aliphatic heterocycles. The average Bonchev–Trinajstić information content (AvgIpc) is 3.05. The fourth-order valence-electron chi connectivity index (χ4n) is 3.81. The first-order valence-corrected chi connectivity index (χ1v) is 7.68. The first kappa shape index (κ1) is 13.9. The molecule has 1 aliphatic carbocycles. The van der Waals surface area contributed by atoms with E-state index in [2.05, 4.69) is 5.32 Å². The van der Waals surface area contributed by atoms with E-state index in [4.69, 9.17) is 4.74 Å². The lowest BCUT2D eigenvalue weighted by molar-refractivity contribution is -0.162. The lowest BCUT2D eigenvalue weighted by Crippen LogP contribution is -2.73. The molecule has 3 fully saturated rings. The number of nitrogens with zero attached hydrogens (tertiary/aromatic N) is 1. The molecule has 0 radical (unpaired) electrons. The monoisotopic (exact) mass is 280 g/mol. The number of piperazine rings is 1. The molecule has 2 heterocycles. The second kappa shape index (κ2) is 4.72. The summed E-state index contributed by atoms with van der Waals surface area (Å²) in [7, 11) is 0. The standard InChI is InChI=1S/C15H24N2O3/c1-14(2)13(19)17(9-11-5-8-20-10-11)15(12(18)16-14)6-3-4-7-15/h11H,3-10H2,1-2H3,(H,16,18). The summed E-state index contributed by atoms with van der Waals surface area (Å²) in [5.41, 5.74) is -1.38. The van der Waals surface area contributed by atoms with E-state index in [9.17, 15) is 9.59 Å². The molecule has 3 rings (SSSR count). The maximum atomic E-state index is 12.8. The van der Waals surface area contributed by atoms with E-state index in [1.54, 1.807) is 13.8 Å². The van der Waals surface area contributed by atoms with E-state index in [-0.39, 0.29) is 11.8 Å². The molecular formula is C15H24N2O3. The summed E-state index contributed by atoms with van der Waals surface area (Å²) in [5, 5.41) is 2.93. The van der Waals surface area contributed by atoms with Crippen LogP contribution in [0.15, 0.2) is 0 Å². The van der Waals surface area contributed by atoms with Crippen molar-refractivity contribution < 1.29 is 14.3 Å². The number of hydrogen-bond acceptors (Lipinski definition) is 3. The van der Waals surface area contributed by atoms with Crippen LogP contribution in [-0.4, -0.2) is 47.6 Å². The highest BCUT2D eigenvalue weighted by atomic mass is 16.5. The van der Waals surface area contributed by atoms with Gasteiger partial charge in [0.05, 0.1) is 6.61 Å². The van der Waals surface area contributed by atoms with Crippen LogP contribution in [0, 0.1) is 5.92 Å². The molecule has 0 bridgehead atoms. The van der Waals surface area contributed by atoms with Crippen molar-refractivity contribution in [3.63, 3.8) is 0 Å². The van der Waals surface area contributed by atoms with Crippen LogP contribution >= 0.6 is 0 Å². The van der Waals surface area contributed by atoms with E-state index in [1.165, 1.54) is 0 Å². The van der Waals surface area contributed by atoms with Crippen molar-refractivity contribution in [2.24, 2.45) is 5.92 Å². The van der Waals surface area contributed by atoms with Crippen molar-refractivity contribution in [1.29, 1.82) is 0 Å². The third kappa shape index (κ3) is 2.03. The Kier molecular flexibility index (Phi) is 3.27. The molecule has 0 aromatic heterocycles. The van der Waals surface area contributed by atoms with Crippen molar-refractivity contribution >= 4 is 11.8 Å². The zero-order valence-corrected chi connectivity index (χ0v) is 12.4. The predicted molar refractivity (Wildman–Crippen MR) is 74.1 cm³/mol. The highest BCUT2D eigenvalue weighted by molar-refractivity contribution is 6.02. The Morgan fingerprint density at radius 2 is 2.00 bits per heavy atom. The number of rotatable bonds is 2. The van der Waals surface area contributed by atoms with Gasteiger partial charge in [-0.1, -0.05) is 12.8 Å². The van der Waals surface area contributed by atoms with Gasteiger partial charge >= 0.3 is 0 Å². The van der Waals surface area contributed by atoms with Gasteiger partial charge in [-0.15, -0.1) is 0 Å². The number of amides is 2. The van der Waals surface area contributed by atoms with Gasteiger partial charge < -0.3 is 15.0 Å². The minimum absolute atomic E-state index is 0.0403. The molecule has 112 valence electrons. The molecule has 3 aliphatic rings. The van der Waals surface area contributed by atoms with Crippen molar-refractivity contribution in [1.82, 2.24) is 10.2 Å². The maximum Gasteiger partial charge on any atom is 0.248 e. The Morgan fingerprint density at radius 3 is 2.60 bits per heavy atom. The second-order valence-corrected chi connectivity index (χ2v) is 6.96. The molecule has 2 saturated heterocycles. The van der Waals surface area contributed by atoms with Crippen molar-refractivity contribution in [3.05, 3.63) is 0 Å². The average molecular weight is 280 g/mol. The molecule has 1 N–H and O–H groups in total. The number of ether oxygens (including phenoxy) is 1. The Balaban J connectivity index is 1.89. The normalized spacial score (nSPS) is 31.9. The summed E-state index contributed by atoms with van der Waals surface area (Å²) in [6, 6.07) is 0. The second-order valence-electron chi connectivity index (χ2n) is 6.96. The maximum absolute atomic E-state index is 12.8. The third-order valence-electron chi connectivity index (χ3n) is 5.04. The van der Waals surface area contributed by atoms with Gasteiger partial charge in [0.2, 0.25) is 11.8 Å². The third-order valence-corrected chi connectivity index (χ3v) is 5.04. The predicted octanol–water partition coefficient (Wildman–Crippen LogP) is 1.07. The summed E-state index contributed by atoms with van der Waals surface area (Å²) in [4.78, 5) is 27.3. The molecule has 5 nitrogen and oxygen atoms in total. The van der Waals surface area contributed by atoms with Gasteiger partial charge in [-0.2, -0.15) is 0 Å². The largest absolute Gasteiger partial charge is 0.381 e. The van der Waals surface area contributed by atoms with Gasteiger partial charge in [0.25, 0.3) is 0 Å². The summed E-state index contributed by atoms with van der Waals surface area (Å²) in [6.07, 6.45) is 4.64. The van der Waals surface area contributed by atoms with Gasteiger partial charge in [-0.25, -0.2) is 0 Å². The molecule has 5 heteroatoms. The molecular weight excluding hydrogens is 256 g/mol. The van der Waals surface area contributed by atoms with Crippen LogP contribution in [0.2, 0.25) is 0 Å². The molecule has 1 atom stereocenters. The van der Waals surface area contributed by atoms with E-state index in [1.807, 2.05) is 4.90 Å². The zero-order valence-electron chi connectivity index (χ0n) is 12.4. The summed E-state index contributed by atoms with van der Waals surface area (Å²) in [5.74, 6) is 0.475. The zero-order chi connectivity index (χ0) is 14.4. The fourth-order valence-corrected chi connectivity index (χ4v) is 3.81. The molecule has 20 heavy (non-hydrogen) atoms. The molecule has 1 saturated carbocycles. The molecule has 2 amide bonds. The quantitative estimate of drug-likeness (QED) is 0.823. The first-order chi connectivity index (χ1) is 9.46. The van der Waals surface area contributed by atoms with Gasteiger partial charge in [0.1, 0.15) is 11.1 Å². The first-order valence-electron chi connectivity index (χ1n) is 7.68. The van der Waals surface area contributed by atoms with Crippen LogP contribution in [0.5, 0.6) is 0 Å². The van der Waals surface area contributed by atoms with E-state index < -0.39 is 11.1 Å². The van der Waals surface area contributed by atoms with Crippen LogP contribution in [-0.2, 0) is 14.3 Å². The van der Waals surface area contributed by atoms with Crippen molar-refractivity contribution in [3.8, 4) is 0 Å². The Labute approximate surface area is 120 Å². The van der Waals surface area contributed by atoms with Crippen LogP contribution < -0.4 is 5.32 Å². The Morgan fingerprint density at radius 1 is 1.30 bits per heavy atom. The molecule has 0 aromatic rings. The Hall–Kier alpha value is -1.10. The van der Waals surface area contributed by atoms with E-state index >= 15 is 0 Å². The van der Waals surface area contributed by atoms with Crippen LogP contribution in [0.3, 0.4) is 0 Å². The topological polar surface area (TPSA) is 58.6 Å². The minimum atomic E-state index is -0.787. The van der Waals surface area contributed by atoms with Gasteiger partial charge in [0.15, 0.2) is 0 Å². The fraction of sp³-hybridized carbons (Fsp3) is 0.867. The van der Waals surface area contributed by atoms with Crippen LogP contribution in [0.25, 0.3) is 0 Å². The highest BCUT2D eigenvalue weighted by Gasteiger charge is 2.56. The summed E-state index contributed by atoms with van der Waals surface area (Å²) < 4.78 is 5.43. The SMILES string of the molecule is CC1(C)NC(=O)C2(CCCC2)N(CC2CCOC2)C1=O. The van der Waals surface area contributed by atoms with Crippen molar-refractivity contribution in [2.45, 2.75) is 57.0 Å². The molecule has 1 spiro atoms. The van der Waals surface area contributed by atoms with Crippen LogP contribution in [0.4, 0.5) is 0 Å². The van der Waals surface area contributed by atoms with Crippen LogP contribution in [0.1, 0.15) is 46.0 Å². The van der Waals surface area contributed by atoms with E-state index in [0.29, 0.717) is 19.1 Å². The van der Waals surface area contributed by atoms with Gasteiger partial charge in [0, 0.05) is 19.1 Å². The van der Waals surface area contributed by atoms with Crippen molar-refractivity contribution in [2.75, 3.05) is 19.8 Å². The molecule has 1 unspecified atom stereocenters.